The highest BCUT2D eigenvalue weighted by molar-refractivity contribution is 6.34. The number of ether oxygens (including phenoxy) is 1. The highest BCUT2D eigenvalue weighted by Gasteiger charge is 2.19. The molecule has 0 aliphatic heterocycles. The van der Waals surface area contributed by atoms with E-state index in [2.05, 4.69) is 11.9 Å². The van der Waals surface area contributed by atoms with Gasteiger partial charge in [0.2, 0.25) is 0 Å². The summed E-state index contributed by atoms with van der Waals surface area (Å²) in [4.78, 5) is 22.7. The number of aliphatic carboxylic acids is 1. The van der Waals surface area contributed by atoms with E-state index in [1.807, 2.05) is 0 Å². The normalized spacial score (nSPS) is 11.5. The summed E-state index contributed by atoms with van der Waals surface area (Å²) >= 11 is 11.7. The van der Waals surface area contributed by atoms with Crippen molar-refractivity contribution in [2.24, 2.45) is 0 Å². The van der Waals surface area contributed by atoms with Crippen LogP contribution in [0.2, 0.25) is 10.0 Å². The second-order valence-corrected chi connectivity index (χ2v) is 5.03. The summed E-state index contributed by atoms with van der Waals surface area (Å²) in [5.74, 6) is -1.40. The molecule has 1 aromatic rings. The maximum atomic E-state index is 11.7. The maximum Gasteiger partial charge on any atom is 0.326 e. The van der Waals surface area contributed by atoms with Crippen LogP contribution in [0.4, 0.5) is 0 Å². The zero-order valence-electron chi connectivity index (χ0n) is 11.1. The van der Waals surface area contributed by atoms with Crippen LogP contribution in [0.1, 0.15) is 12.8 Å². The third-order valence-corrected chi connectivity index (χ3v) is 3.09. The molecule has 7 heteroatoms. The van der Waals surface area contributed by atoms with E-state index in [0.717, 1.165) is 0 Å². The number of halogens is 2. The molecular formula is C14H15Cl2NO4. The highest BCUT2D eigenvalue weighted by Crippen LogP contribution is 2.27. The largest absolute Gasteiger partial charge is 0.482 e. The van der Waals surface area contributed by atoms with Gasteiger partial charge in [0, 0.05) is 11.1 Å². The minimum absolute atomic E-state index is 0.261. The van der Waals surface area contributed by atoms with E-state index in [4.69, 9.17) is 33.0 Å². The van der Waals surface area contributed by atoms with Crippen LogP contribution in [-0.4, -0.2) is 29.6 Å². The summed E-state index contributed by atoms with van der Waals surface area (Å²) in [6.45, 7) is 3.16. The molecule has 0 aliphatic carbocycles. The van der Waals surface area contributed by atoms with Gasteiger partial charge in [-0.1, -0.05) is 29.3 Å². The number of nitrogens with one attached hydrogen (secondary N) is 1. The Labute approximate surface area is 132 Å². The number of benzene rings is 1. The van der Waals surface area contributed by atoms with Crippen molar-refractivity contribution < 1.29 is 19.4 Å². The van der Waals surface area contributed by atoms with Crippen LogP contribution in [0.15, 0.2) is 30.9 Å². The van der Waals surface area contributed by atoms with Gasteiger partial charge >= 0.3 is 5.97 Å². The van der Waals surface area contributed by atoms with Crippen molar-refractivity contribution in [2.75, 3.05) is 6.61 Å². The molecule has 0 spiro atoms. The predicted octanol–water partition coefficient (Wildman–Crippen LogP) is 2.91. The zero-order chi connectivity index (χ0) is 15.8. The van der Waals surface area contributed by atoms with Crippen LogP contribution in [-0.2, 0) is 9.59 Å². The van der Waals surface area contributed by atoms with Gasteiger partial charge in [-0.25, -0.2) is 4.79 Å². The van der Waals surface area contributed by atoms with E-state index in [0.29, 0.717) is 16.5 Å². The SMILES string of the molecule is C=CCCC(NC(=O)COc1cc(Cl)ccc1Cl)C(=O)O. The summed E-state index contributed by atoms with van der Waals surface area (Å²) in [5.41, 5.74) is 0. The summed E-state index contributed by atoms with van der Waals surface area (Å²) in [5, 5.41) is 12.1. The minimum Gasteiger partial charge on any atom is -0.482 e. The lowest BCUT2D eigenvalue weighted by atomic mass is 10.1. The van der Waals surface area contributed by atoms with Crippen molar-refractivity contribution in [3.8, 4) is 5.75 Å². The van der Waals surface area contributed by atoms with Gasteiger partial charge in [-0.15, -0.1) is 6.58 Å². The molecular weight excluding hydrogens is 317 g/mol. The van der Waals surface area contributed by atoms with E-state index in [1.54, 1.807) is 18.2 Å². The standard InChI is InChI=1S/C14H15Cl2NO4/c1-2-3-4-11(14(19)20)17-13(18)8-21-12-7-9(15)5-6-10(12)16/h2,5-7,11H,1,3-4,8H2,(H,17,18)(H,19,20). The first kappa shape index (κ1) is 17.3. The number of carbonyl (C=O) groups excluding carboxylic acids is 1. The summed E-state index contributed by atoms with van der Waals surface area (Å²) in [7, 11) is 0. The highest BCUT2D eigenvalue weighted by atomic mass is 35.5. The van der Waals surface area contributed by atoms with Gasteiger partial charge in [-0.2, -0.15) is 0 Å². The van der Waals surface area contributed by atoms with Crippen LogP contribution in [0.3, 0.4) is 0 Å². The predicted molar refractivity (Wildman–Crippen MR) is 81.0 cm³/mol. The van der Waals surface area contributed by atoms with Crippen molar-refractivity contribution in [3.05, 3.63) is 40.9 Å². The van der Waals surface area contributed by atoms with Gasteiger partial charge in [0.15, 0.2) is 6.61 Å². The van der Waals surface area contributed by atoms with E-state index in [-0.39, 0.29) is 18.8 Å². The fraction of sp³-hybridized carbons (Fsp3) is 0.286. The third kappa shape index (κ3) is 6.06. The molecule has 0 saturated carbocycles. The Balaban J connectivity index is 2.54. The fourth-order valence-corrected chi connectivity index (χ4v) is 1.84. The summed E-state index contributed by atoms with van der Waals surface area (Å²) < 4.78 is 5.22. The first-order valence-electron chi connectivity index (χ1n) is 6.15. The molecule has 0 heterocycles. The van der Waals surface area contributed by atoms with E-state index < -0.39 is 17.9 Å². The molecule has 0 bridgehead atoms. The molecule has 1 rings (SSSR count). The number of carbonyl (C=O) groups is 2. The average molecular weight is 332 g/mol. The molecule has 1 amide bonds. The Morgan fingerprint density at radius 1 is 1.43 bits per heavy atom. The smallest absolute Gasteiger partial charge is 0.326 e. The Morgan fingerprint density at radius 3 is 2.76 bits per heavy atom. The van der Waals surface area contributed by atoms with Gasteiger partial charge < -0.3 is 15.2 Å². The fourth-order valence-electron chi connectivity index (χ4n) is 1.51. The first-order chi connectivity index (χ1) is 9.93. The summed E-state index contributed by atoms with van der Waals surface area (Å²) in [6.07, 6.45) is 2.34. The number of hydrogen-bond acceptors (Lipinski definition) is 3. The van der Waals surface area contributed by atoms with Crippen molar-refractivity contribution >= 4 is 35.1 Å². The van der Waals surface area contributed by atoms with Gasteiger partial charge in [-0.3, -0.25) is 4.79 Å². The third-order valence-electron chi connectivity index (χ3n) is 2.54. The second kappa shape index (κ2) is 8.54. The molecule has 1 unspecified atom stereocenters. The lowest BCUT2D eigenvalue weighted by Gasteiger charge is -2.14. The van der Waals surface area contributed by atoms with Crippen molar-refractivity contribution in [1.29, 1.82) is 0 Å². The Morgan fingerprint density at radius 2 is 2.14 bits per heavy atom. The van der Waals surface area contributed by atoms with Crippen LogP contribution < -0.4 is 10.1 Å². The van der Waals surface area contributed by atoms with Gasteiger partial charge in [0.25, 0.3) is 5.91 Å². The number of hydrogen-bond donors (Lipinski definition) is 2. The number of rotatable bonds is 8. The Bertz CT molecular complexity index is 534. The van der Waals surface area contributed by atoms with Crippen molar-refractivity contribution in [2.45, 2.75) is 18.9 Å². The van der Waals surface area contributed by atoms with Crippen LogP contribution in [0.5, 0.6) is 5.75 Å². The monoisotopic (exact) mass is 331 g/mol. The molecule has 114 valence electrons. The number of amides is 1. The molecule has 2 N–H and O–H groups in total. The zero-order valence-corrected chi connectivity index (χ0v) is 12.7. The number of carboxylic acids is 1. The Kier molecular flexibility index (Phi) is 7.05. The Hall–Kier alpha value is -1.72. The molecule has 1 aromatic carbocycles. The van der Waals surface area contributed by atoms with Crippen molar-refractivity contribution in [3.63, 3.8) is 0 Å². The van der Waals surface area contributed by atoms with Gasteiger partial charge in [-0.05, 0) is 25.0 Å². The number of carboxylic acid groups (broad SMARTS) is 1. The lowest BCUT2D eigenvalue weighted by molar-refractivity contribution is -0.142. The molecule has 0 aliphatic rings. The molecule has 0 fully saturated rings. The van der Waals surface area contributed by atoms with E-state index >= 15 is 0 Å². The van der Waals surface area contributed by atoms with E-state index in [1.165, 1.54) is 6.07 Å². The first-order valence-corrected chi connectivity index (χ1v) is 6.90. The topological polar surface area (TPSA) is 75.6 Å². The average Bonchev–Trinajstić information content (AvgIpc) is 2.44. The molecule has 5 nitrogen and oxygen atoms in total. The van der Waals surface area contributed by atoms with Crippen LogP contribution in [0.25, 0.3) is 0 Å². The second-order valence-electron chi connectivity index (χ2n) is 4.19. The van der Waals surface area contributed by atoms with E-state index in [9.17, 15) is 9.59 Å². The molecule has 21 heavy (non-hydrogen) atoms. The van der Waals surface area contributed by atoms with Crippen molar-refractivity contribution in [1.82, 2.24) is 5.32 Å². The van der Waals surface area contributed by atoms with Crippen LogP contribution in [0, 0.1) is 0 Å². The maximum absolute atomic E-state index is 11.7. The summed E-state index contributed by atoms with van der Waals surface area (Å²) in [6, 6.07) is 3.63. The molecule has 0 aromatic heterocycles. The molecule has 1 atom stereocenters. The minimum atomic E-state index is -1.11. The molecule has 0 radical (unpaired) electrons. The molecule has 0 saturated heterocycles. The van der Waals surface area contributed by atoms with Crippen LogP contribution >= 0.6 is 23.2 Å². The van der Waals surface area contributed by atoms with Gasteiger partial charge in [0.05, 0.1) is 5.02 Å². The number of allylic oxidation sites excluding steroid dienone is 1. The quantitative estimate of drug-likeness (QED) is 0.718. The van der Waals surface area contributed by atoms with Gasteiger partial charge in [0.1, 0.15) is 11.8 Å². The lowest BCUT2D eigenvalue weighted by Crippen LogP contribution is -2.42.